The van der Waals surface area contributed by atoms with Gasteiger partial charge in [0.05, 0.1) is 0 Å². The molecule has 0 aliphatic rings. The van der Waals surface area contributed by atoms with Gasteiger partial charge in [0.25, 0.3) is 0 Å². The van der Waals surface area contributed by atoms with Gasteiger partial charge in [-0.15, -0.1) is 24.0 Å². The van der Waals surface area contributed by atoms with Crippen molar-refractivity contribution in [3.63, 3.8) is 0 Å². The van der Waals surface area contributed by atoms with Crippen molar-refractivity contribution >= 4 is 22.5 Å². The highest BCUT2D eigenvalue weighted by molar-refractivity contribution is 8.68. The second kappa shape index (κ2) is 5.26. The summed E-state index contributed by atoms with van der Waals surface area (Å²) in [4.78, 5) is 0. The van der Waals surface area contributed by atoms with E-state index in [-0.39, 0.29) is 0 Å². The van der Waals surface area contributed by atoms with Gasteiger partial charge in [-0.05, 0) is 0 Å². The molecule has 0 atom stereocenters. The lowest BCUT2D eigenvalue weighted by atomic mass is 10.5. The zero-order valence-corrected chi connectivity index (χ0v) is 5.06. The molecule has 0 N–H and O–H groups in total. The second-order valence-electron chi connectivity index (χ2n) is 0.787. The highest BCUT2D eigenvalue weighted by atomic mass is 33.1. The molecule has 0 radical (unpaired) electrons. The molecule has 0 aliphatic carbocycles. The summed E-state index contributed by atoms with van der Waals surface area (Å²) in [5.74, 6) is 3.46. The third-order valence-electron chi connectivity index (χ3n) is 0.338. The molecular weight excluding hydrogens is 112 g/mol. The summed E-state index contributed by atoms with van der Waals surface area (Å²) < 4.78 is 0. The summed E-state index contributed by atoms with van der Waals surface area (Å²) in [6.07, 6.45) is 5.74. The van der Waals surface area contributed by atoms with Crippen LogP contribution in [0.5, 0.6) is 0 Å². The zero-order chi connectivity index (χ0) is 4.83. The van der Waals surface area contributed by atoms with Crippen molar-refractivity contribution in [1.29, 1.82) is 0 Å². The Hall–Kier alpha value is 0.260. The van der Waals surface area contributed by atoms with Crippen molar-refractivity contribution in [3.05, 3.63) is 0 Å². The van der Waals surface area contributed by atoms with Crippen molar-refractivity contribution in [1.82, 2.24) is 0 Å². The molecule has 0 saturated heterocycles. The highest BCUT2D eigenvalue weighted by Gasteiger charge is 1.72. The van der Waals surface area contributed by atoms with E-state index < -0.39 is 0 Å². The average molecular weight is 118 g/mol. The SMILES string of the molecule is C#CCCSS. The average Bonchev–Trinajstić information content (AvgIpc) is 1.61. The van der Waals surface area contributed by atoms with Crippen LogP contribution in [0, 0.1) is 12.3 Å². The fourth-order valence-electron chi connectivity index (χ4n) is 0.105. The molecule has 0 aliphatic heterocycles. The molecule has 0 bridgehead atoms. The minimum Gasteiger partial charge on any atom is -0.120 e. The standard InChI is InChI=1S/C4H6S2/c1-2-3-4-6-5/h1,5H,3-4H2. The van der Waals surface area contributed by atoms with E-state index in [2.05, 4.69) is 17.6 Å². The van der Waals surface area contributed by atoms with E-state index in [0.29, 0.717) is 0 Å². The maximum Gasteiger partial charge on any atom is 0.0185 e. The Morgan fingerprint density at radius 1 is 1.83 bits per heavy atom. The van der Waals surface area contributed by atoms with Gasteiger partial charge in [0.2, 0.25) is 0 Å². The first kappa shape index (κ1) is 6.26. The molecule has 0 unspecified atom stereocenters. The van der Waals surface area contributed by atoms with Gasteiger partial charge in [-0.25, -0.2) is 0 Å². The smallest absolute Gasteiger partial charge is 0.0185 e. The van der Waals surface area contributed by atoms with Crippen LogP contribution in [0.3, 0.4) is 0 Å². The number of terminal acetylenes is 1. The van der Waals surface area contributed by atoms with Gasteiger partial charge >= 0.3 is 0 Å². The Morgan fingerprint density at radius 2 is 2.50 bits per heavy atom. The number of thiol groups is 1. The lowest BCUT2D eigenvalue weighted by Crippen LogP contribution is -1.65. The number of hydrogen-bond donors (Lipinski definition) is 1. The summed E-state index contributed by atoms with van der Waals surface area (Å²) in [6, 6.07) is 0. The van der Waals surface area contributed by atoms with E-state index in [1.54, 1.807) is 0 Å². The second-order valence-corrected chi connectivity index (χ2v) is 2.23. The Bertz CT molecular complexity index is 53.1. The Morgan fingerprint density at radius 3 is 2.67 bits per heavy atom. The molecule has 0 fully saturated rings. The van der Waals surface area contributed by atoms with Crippen LogP contribution in [0.25, 0.3) is 0 Å². The van der Waals surface area contributed by atoms with Crippen LogP contribution in [-0.2, 0) is 0 Å². The summed E-state index contributed by atoms with van der Waals surface area (Å²) in [5, 5.41) is 0. The minimum atomic E-state index is 0.828. The predicted octanol–water partition coefficient (Wildman–Crippen LogP) is 1.59. The number of rotatable bonds is 2. The van der Waals surface area contributed by atoms with Gasteiger partial charge in [0.1, 0.15) is 0 Å². The molecule has 0 spiro atoms. The van der Waals surface area contributed by atoms with Crippen molar-refractivity contribution in [3.8, 4) is 12.3 Å². The molecule has 6 heavy (non-hydrogen) atoms. The van der Waals surface area contributed by atoms with Gasteiger partial charge < -0.3 is 0 Å². The Balaban J connectivity index is 2.54. The van der Waals surface area contributed by atoms with Gasteiger partial charge in [-0.2, -0.15) is 0 Å². The van der Waals surface area contributed by atoms with Crippen LogP contribution in [0.1, 0.15) is 6.42 Å². The zero-order valence-electron chi connectivity index (χ0n) is 3.35. The van der Waals surface area contributed by atoms with E-state index in [1.165, 1.54) is 10.8 Å². The molecule has 0 aromatic carbocycles. The van der Waals surface area contributed by atoms with E-state index in [0.717, 1.165) is 12.2 Å². The molecule has 0 aromatic heterocycles. The topological polar surface area (TPSA) is 0 Å². The monoisotopic (exact) mass is 118 g/mol. The first-order chi connectivity index (χ1) is 2.91. The van der Waals surface area contributed by atoms with Crippen molar-refractivity contribution in [2.24, 2.45) is 0 Å². The molecule has 0 rings (SSSR count). The van der Waals surface area contributed by atoms with Crippen LogP contribution in [0.15, 0.2) is 0 Å². The van der Waals surface area contributed by atoms with Crippen LogP contribution in [0.4, 0.5) is 0 Å². The first-order valence-electron chi connectivity index (χ1n) is 1.61. The highest BCUT2D eigenvalue weighted by Crippen LogP contribution is 2.04. The summed E-state index contributed by atoms with van der Waals surface area (Å²) >= 11 is 3.88. The van der Waals surface area contributed by atoms with E-state index >= 15 is 0 Å². The lowest BCUT2D eigenvalue weighted by Gasteiger charge is -1.79. The van der Waals surface area contributed by atoms with E-state index in [1.807, 2.05) is 0 Å². The van der Waals surface area contributed by atoms with Crippen molar-refractivity contribution in [2.45, 2.75) is 6.42 Å². The number of hydrogen-bond acceptors (Lipinski definition) is 2. The van der Waals surface area contributed by atoms with Gasteiger partial charge in [0, 0.05) is 12.2 Å². The van der Waals surface area contributed by atoms with Crippen LogP contribution in [0.2, 0.25) is 0 Å². The van der Waals surface area contributed by atoms with Crippen LogP contribution in [-0.4, -0.2) is 5.75 Å². The summed E-state index contributed by atoms with van der Waals surface area (Å²) in [6.45, 7) is 0. The van der Waals surface area contributed by atoms with E-state index in [4.69, 9.17) is 6.42 Å². The van der Waals surface area contributed by atoms with Crippen molar-refractivity contribution < 1.29 is 0 Å². The quantitative estimate of drug-likeness (QED) is 0.249. The Labute approximate surface area is 47.5 Å². The largest absolute Gasteiger partial charge is 0.120 e. The maximum atomic E-state index is 4.92. The third kappa shape index (κ3) is 4.26. The third-order valence-corrected chi connectivity index (χ3v) is 1.27. The molecule has 34 valence electrons. The normalized spacial score (nSPS) is 7.33. The van der Waals surface area contributed by atoms with E-state index in [9.17, 15) is 0 Å². The Kier molecular flexibility index (Phi) is 5.49. The molecule has 0 aromatic rings. The van der Waals surface area contributed by atoms with Crippen LogP contribution >= 0.6 is 22.5 Å². The lowest BCUT2D eigenvalue weighted by molar-refractivity contribution is 1.31. The maximum absolute atomic E-state index is 4.92. The summed E-state index contributed by atoms with van der Waals surface area (Å²) in [7, 11) is 1.48. The molecule has 0 saturated carbocycles. The minimum absolute atomic E-state index is 0.828. The molecule has 2 heteroatoms. The molecule has 0 amide bonds. The fourth-order valence-corrected chi connectivity index (χ4v) is 0.588. The molecule has 0 nitrogen and oxygen atoms in total. The van der Waals surface area contributed by atoms with Gasteiger partial charge in [-0.1, -0.05) is 10.8 Å². The first-order valence-corrected chi connectivity index (χ1v) is 3.65. The van der Waals surface area contributed by atoms with Gasteiger partial charge in [0.15, 0.2) is 0 Å². The molecule has 0 heterocycles. The predicted molar refractivity (Wildman–Crippen MR) is 34.9 cm³/mol. The van der Waals surface area contributed by atoms with Gasteiger partial charge in [-0.3, -0.25) is 0 Å². The fraction of sp³-hybridized carbons (Fsp3) is 0.500. The van der Waals surface area contributed by atoms with Crippen LogP contribution < -0.4 is 0 Å². The summed E-state index contributed by atoms with van der Waals surface area (Å²) in [5.41, 5.74) is 0. The van der Waals surface area contributed by atoms with Crippen molar-refractivity contribution in [2.75, 3.05) is 5.75 Å². The molecular formula is C4H6S2.